The van der Waals surface area contributed by atoms with Gasteiger partial charge in [0.15, 0.2) is 0 Å². The standard InChI is InChI=1S/C11H14OSi/c1-2-6-11(7-3-1)13-9-10-5-4-8-12-10/h1-3,6-7,10H,4-5,8-9H2. The van der Waals surface area contributed by atoms with E-state index in [9.17, 15) is 0 Å². The first-order valence-corrected chi connectivity index (χ1v) is 6.06. The lowest BCUT2D eigenvalue weighted by Gasteiger charge is -2.07. The summed E-state index contributed by atoms with van der Waals surface area (Å²) < 4.78 is 5.58. The Morgan fingerprint density at radius 2 is 2.15 bits per heavy atom. The van der Waals surface area contributed by atoms with Crippen LogP contribution in [0.5, 0.6) is 0 Å². The van der Waals surface area contributed by atoms with Gasteiger partial charge in [0.2, 0.25) is 0 Å². The Labute approximate surface area is 81.9 Å². The first-order valence-electron chi connectivity index (χ1n) is 4.86. The topological polar surface area (TPSA) is 9.23 Å². The summed E-state index contributed by atoms with van der Waals surface area (Å²) in [6.07, 6.45) is 3.06. The normalized spacial score (nSPS) is 22.0. The molecule has 2 radical (unpaired) electrons. The number of rotatable bonds is 3. The van der Waals surface area contributed by atoms with E-state index in [-0.39, 0.29) is 0 Å². The molecule has 1 aromatic carbocycles. The van der Waals surface area contributed by atoms with Crippen LogP contribution in [0.4, 0.5) is 0 Å². The summed E-state index contributed by atoms with van der Waals surface area (Å²) in [6.45, 7) is 0.976. The van der Waals surface area contributed by atoms with Gasteiger partial charge in [0.1, 0.15) is 0 Å². The van der Waals surface area contributed by atoms with Gasteiger partial charge in [0, 0.05) is 6.61 Å². The third-order valence-corrected chi connectivity index (χ3v) is 3.73. The maximum absolute atomic E-state index is 5.58. The summed E-state index contributed by atoms with van der Waals surface area (Å²) in [5.74, 6) is 0. The van der Waals surface area contributed by atoms with E-state index in [0.29, 0.717) is 6.10 Å². The number of ether oxygens (including phenoxy) is 1. The molecule has 1 atom stereocenters. The van der Waals surface area contributed by atoms with E-state index < -0.39 is 0 Å². The maximum Gasteiger partial charge on any atom is 0.0834 e. The maximum atomic E-state index is 5.58. The van der Waals surface area contributed by atoms with Gasteiger partial charge in [-0.05, 0) is 18.9 Å². The molecule has 1 aliphatic heterocycles. The number of benzene rings is 1. The Hall–Kier alpha value is -0.603. The van der Waals surface area contributed by atoms with Crippen LogP contribution in [0.1, 0.15) is 12.8 Å². The molecule has 1 unspecified atom stereocenters. The van der Waals surface area contributed by atoms with Crippen LogP contribution in [-0.2, 0) is 4.74 Å². The highest BCUT2D eigenvalue weighted by Gasteiger charge is 2.14. The molecule has 68 valence electrons. The van der Waals surface area contributed by atoms with Crippen molar-refractivity contribution in [3.05, 3.63) is 30.3 Å². The van der Waals surface area contributed by atoms with Gasteiger partial charge in [-0.25, -0.2) is 0 Å². The smallest absolute Gasteiger partial charge is 0.0834 e. The fourth-order valence-electron chi connectivity index (χ4n) is 1.59. The summed E-state index contributed by atoms with van der Waals surface area (Å²) in [6, 6.07) is 11.9. The average Bonchev–Trinajstić information content (AvgIpc) is 2.69. The Balaban J connectivity index is 1.79. The van der Waals surface area contributed by atoms with Crippen molar-refractivity contribution in [2.45, 2.75) is 25.0 Å². The van der Waals surface area contributed by atoms with E-state index in [1.54, 1.807) is 0 Å². The quantitative estimate of drug-likeness (QED) is 0.658. The molecule has 1 heterocycles. The fraction of sp³-hybridized carbons (Fsp3) is 0.455. The molecular weight excluding hydrogens is 176 g/mol. The third-order valence-electron chi connectivity index (χ3n) is 2.33. The van der Waals surface area contributed by atoms with Gasteiger partial charge in [0.25, 0.3) is 0 Å². The van der Waals surface area contributed by atoms with E-state index in [1.165, 1.54) is 24.1 Å². The molecule has 1 fully saturated rings. The average molecular weight is 190 g/mol. The van der Waals surface area contributed by atoms with E-state index in [1.807, 2.05) is 0 Å². The summed E-state index contributed by atoms with van der Waals surface area (Å²) in [7, 11) is 0.913. The molecule has 1 aromatic rings. The van der Waals surface area contributed by atoms with Crippen LogP contribution in [0.3, 0.4) is 0 Å². The second kappa shape index (κ2) is 4.58. The van der Waals surface area contributed by atoms with Crippen molar-refractivity contribution in [3.63, 3.8) is 0 Å². The van der Waals surface area contributed by atoms with Crippen molar-refractivity contribution >= 4 is 14.7 Å². The second-order valence-corrected chi connectivity index (χ2v) is 4.72. The van der Waals surface area contributed by atoms with Crippen LogP contribution < -0.4 is 5.19 Å². The molecule has 1 saturated heterocycles. The van der Waals surface area contributed by atoms with Gasteiger partial charge in [-0.2, -0.15) is 0 Å². The first kappa shape index (κ1) is 8.97. The minimum Gasteiger partial charge on any atom is -0.379 e. The van der Waals surface area contributed by atoms with Crippen LogP contribution >= 0.6 is 0 Å². The van der Waals surface area contributed by atoms with E-state index in [4.69, 9.17) is 4.74 Å². The molecule has 0 aromatic heterocycles. The van der Waals surface area contributed by atoms with Gasteiger partial charge in [-0.15, -0.1) is 0 Å². The van der Waals surface area contributed by atoms with Gasteiger partial charge in [-0.3, -0.25) is 0 Å². The van der Waals surface area contributed by atoms with Gasteiger partial charge >= 0.3 is 0 Å². The van der Waals surface area contributed by atoms with Crippen LogP contribution in [0, 0.1) is 0 Å². The SMILES string of the molecule is c1ccc([Si]CC2CCCO2)cc1. The molecule has 0 amide bonds. The molecule has 0 saturated carbocycles. The van der Waals surface area contributed by atoms with E-state index in [0.717, 1.165) is 16.1 Å². The third kappa shape index (κ3) is 2.67. The highest BCUT2D eigenvalue weighted by atomic mass is 28.2. The van der Waals surface area contributed by atoms with E-state index >= 15 is 0 Å². The lowest BCUT2D eigenvalue weighted by atomic mass is 10.3. The minimum absolute atomic E-state index is 0.540. The lowest BCUT2D eigenvalue weighted by molar-refractivity contribution is 0.125. The predicted octanol–water partition coefficient (Wildman–Crippen LogP) is 1.61. The molecule has 13 heavy (non-hydrogen) atoms. The second-order valence-electron chi connectivity index (χ2n) is 3.38. The zero-order valence-corrected chi connectivity index (χ0v) is 8.70. The Morgan fingerprint density at radius 3 is 2.85 bits per heavy atom. The monoisotopic (exact) mass is 190 g/mol. The fourth-order valence-corrected chi connectivity index (χ4v) is 2.81. The molecule has 2 heteroatoms. The van der Waals surface area contributed by atoms with Gasteiger partial charge < -0.3 is 4.74 Å². The van der Waals surface area contributed by atoms with Crippen molar-refractivity contribution in [2.75, 3.05) is 6.61 Å². The predicted molar refractivity (Wildman–Crippen MR) is 55.6 cm³/mol. The van der Waals surface area contributed by atoms with Crippen molar-refractivity contribution in [2.24, 2.45) is 0 Å². The summed E-state index contributed by atoms with van der Waals surface area (Å²) in [4.78, 5) is 0. The van der Waals surface area contributed by atoms with Crippen molar-refractivity contribution < 1.29 is 4.74 Å². The first-order chi connectivity index (χ1) is 6.45. The number of hydrogen-bond donors (Lipinski definition) is 0. The zero-order valence-electron chi connectivity index (χ0n) is 7.70. The Bertz CT molecular complexity index is 242. The highest BCUT2D eigenvalue weighted by molar-refractivity contribution is 6.53. The molecule has 2 rings (SSSR count). The van der Waals surface area contributed by atoms with Crippen LogP contribution in [0.15, 0.2) is 30.3 Å². The van der Waals surface area contributed by atoms with Crippen molar-refractivity contribution in [1.82, 2.24) is 0 Å². The van der Waals surface area contributed by atoms with Crippen LogP contribution in [0.2, 0.25) is 6.04 Å². The number of hydrogen-bond acceptors (Lipinski definition) is 1. The zero-order chi connectivity index (χ0) is 8.93. The Kier molecular flexibility index (Phi) is 3.16. The lowest BCUT2D eigenvalue weighted by Crippen LogP contribution is -2.18. The molecule has 0 bridgehead atoms. The largest absolute Gasteiger partial charge is 0.379 e. The summed E-state index contributed by atoms with van der Waals surface area (Å²) >= 11 is 0. The Morgan fingerprint density at radius 1 is 1.31 bits per heavy atom. The van der Waals surface area contributed by atoms with Crippen LogP contribution in [0.25, 0.3) is 0 Å². The molecular formula is C11H14OSi. The molecule has 0 spiro atoms. The van der Waals surface area contributed by atoms with Crippen LogP contribution in [-0.4, -0.2) is 22.2 Å². The van der Waals surface area contributed by atoms with Crippen molar-refractivity contribution in [3.8, 4) is 0 Å². The van der Waals surface area contributed by atoms with E-state index in [2.05, 4.69) is 30.3 Å². The molecule has 1 nitrogen and oxygen atoms in total. The van der Waals surface area contributed by atoms with Crippen molar-refractivity contribution in [1.29, 1.82) is 0 Å². The van der Waals surface area contributed by atoms with Gasteiger partial charge in [0.05, 0.1) is 15.6 Å². The van der Waals surface area contributed by atoms with Gasteiger partial charge in [-0.1, -0.05) is 35.5 Å². The summed E-state index contributed by atoms with van der Waals surface area (Å²) in [5, 5.41) is 1.46. The minimum atomic E-state index is 0.540. The molecule has 1 aliphatic rings. The highest BCUT2D eigenvalue weighted by Crippen LogP contribution is 2.14. The molecule has 0 aliphatic carbocycles. The summed E-state index contributed by atoms with van der Waals surface area (Å²) in [5.41, 5.74) is 0. The molecule has 0 N–H and O–H groups in total.